The SMILES string of the molecule is CCC(Nc1ccc(Cl)c(C(=O)O)c1)c1ccc(O)cc1. The van der Waals surface area contributed by atoms with Gasteiger partial charge in [-0.15, -0.1) is 0 Å². The van der Waals surface area contributed by atoms with Crippen LogP contribution < -0.4 is 5.32 Å². The molecule has 0 amide bonds. The Hall–Kier alpha value is -2.20. The molecule has 1 unspecified atom stereocenters. The number of carboxylic acid groups (broad SMARTS) is 1. The smallest absolute Gasteiger partial charge is 0.337 e. The highest BCUT2D eigenvalue weighted by atomic mass is 35.5. The number of halogens is 1. The van der Waals surface area contributed by atoms with E-state index in [4.69, 9.17) is 16.7 Å². The van der Waals surface area contributed by atoms with Crippen LogP contribution in [0.2, 0.25) is 5.02 Å². The summed E-state index contributed by atoms with van der Waals surface area (Å²) in [6.45, 7) is 2.03. The number of anilines is 1. The van der Waals surface area contributed by atoms with Gasteiger partial charge in [0.05, 0.1) is 16.6 Å². The first-order valence-corrected chi connectivity index (χ1v) is 6.97. The number of hydrogen-bond acceptors (Lipinski definition) is 3. The van der Waals surface area contributed by atoms with Crippen molar-refractivity contribution in [2.75, 3.05) is 5.32 Å². The lowest BCUT2D eigenvalue weighted by atomic mass is 10.0. The van der Waals surface area contributed by atoms with Crippen molar-refractivity contribution in [1.29, 1.82) is 0 Å². The molecule has 0 saturated carbocycles. The largest absolute Gasteiger partial charge is 0.508 e. The normalized spacial score (nSPS) is 11.9. The number of phenolic OH excluding ortho intramolecular Hbond substituents is 1. The van der Waals surface area contributed by atoms with Crippen molar-refractivity contribution < 1.29 is 15.0 Å². The Morgan fingerprint density at radius 2 is 1.90 bits per heavy atom. The third kappa shape index (κ3) is 3.67. The van der Waals surface area contributed by atoms with Gasteiger partial charge in [0.1, 0.15) is 5.75 Å². The van der Waals surface area contributed by atoms with Crippen LogP contribution in [0.4, 0.5) is 5.69 Å². The molecule has 0 fully saturated rings. The number of phenols is 1. The molecule has 0 aliphatic heterocycles. The summed E-state index contributed by atoms with van der Waals surface area (Å²) in [5, 5.41) is 21.9. The lowest BCUT2D eigenvalue weighted by Crippen LogP contribution is -2.10. The number of hydrogen-bond donors (Lipinski definition) is 3. The number of benzene rings is 2. The molecule has 0 bridgehead atoms. The number of aromatic carboxylic acids is 1. The van der Waals surface area contributed by atoms with Crippen LogP contribution in [0.15, 0.2) is 42.5 Å². The quantitative estimate of drug-likeness (QED) is 0.770. The van der Waals surface area contributed by atoms with Gasteiger partial charge in [-0.25, -0.2) is 4.79 Å². The lowest BCUT2D eigenvalue weighted by molar-refractivity contribution is 0.0697. The molecule has 0 spiro atoms. The standard InChI is InChI=1S/C16H16ClNO3/c1-2-15(10-3-6-12(19)7-4-10)18-11-5-8-14(17)13(9-11)16(20)21/h3-9,15,18-19H,2H2,1H3,(H,20,21). The summed E-state index contributed by atoms with van der Waals surface area (Å²) in [4.78, 5) is 11.1. The van der Waals surface area contributed by atoms with E-state index < -0.39 is 5.97 Å². The van der Waals surface area contributed by atoms with Crippen molar-refractivity contribution in [2.45, 2.75) is 19.4 Å². The highest BCUT2D eigenvalue weighted by Gasteiger charge is 2.13. The Bertz CT molecular complexity index is 640. The summed E-state index contributed by atoms with van der Waals surface area (Å²) in [7, 11) is 0. The Morgan fingerprint density at radius 1 is 1.24 bits per heavy atom. The predicted molar refractivity (Wildman–Crippen MR) is 83.2 cm³/mol. The predicted octanol–water partition coefficient (Wildman–Crippen LogP) is 4.31. The number of carboxylic acids is 1. The van der Waals surface area contributed by atoms with Crippen molar-refractivity contribution >= 4 is 23.3 Å². The zero-order valence-electron chi connectivity index (χ0n) is 11.5. The van der Waals surface area contributed by atoms with E-state index in [1.54, 1.807) is 24.3 Å². The van der Waals surface area contributed by atoms with E-state index in [9.17, 15) is 9.90 Å². The van der Waals surface area contributed by atoms with Gasteiger partial charge in [0.2, 0.25) is 0 Å². The summed E-state index contributed by atoms with van der Waals surface area (Å²) in [6.07, 6.45) is 0.815. The molecule has 0 heterocycles. The van der Waals surface area contributed by atoms with Gasteiger partial charge in [0.15, 0.2) is 0 Å². The molecule has 4 nitrogen and oxygen atoms in total. The number of carbonyl (C=O) groups is 1. The molecule has 110 valence electrons. The lowest BCUT2D eigenvalue weighted by Gasteiger charge is -2.19. The Balaban J connectivity index is 2.24. The third-order valence-corrected chi connectivity index (χ3v) is 3.57. The van der Waals surface area contributed by atoms with E-state index >= 15 is 0 Å². The summed E-state index contributed by atoms with van der Waals surface area (Å²) < 4.78 is 0. The minimum atomic E-state index is -1.05. The first-order valence-electron chi connectivity index (χ1n) is 6.59. The van der Waals surface area contributed by atoms with Crippen LogP contribution in [0.5, 0.6) is 5.75 Å². The van der Waals surface area contributed by atoms with Gasteiger partial charge in [-0.05, 0) is 42.3 Å². The Kier molecular flexibility index (Phi) is 4.70. The minimum Gasteiger partial charge on any atom is -0.508 e. The van der Waals surface area contributed by atoms with Crippen molar-refractivity contribution in [2.24, 2.45) is 0 Å². The molecule has 0 radical (unpaired) electrons. The summed E-state index contributed by atoms with van der Waals surface area (Å²) >= 11 is 5.86. The van der Waals surface area contributed by atoms with Crippen LogP contribution in [0, 0.1) is 0 Å². The average molecular weight is 306 g/mol. The van der Waals surface area contributed by atoms with E-state index in [0.717, 1.165) is 12.0 Å². The Labute approximate surface area is 128 Å². The van der Waals surface area contributed by atoms with Gasteiger partial charge >= 0.3 is 5.97 Å². The minimum absolute atomic E-state index is 0.0217. The maximum Gasteiger partial charge on any atom is 0.337 e. The molecule has 2 aromatic rings. The fraction of sp³-hybridized carbons (Fsp3) is 0.188. The molecule has 0 aliphatic rings. The van der Waals surface area contributed by atoms with Gasteiger partial charge < -0.3 is 15.5 Å². The zero-order chi connectivity index (χ0) is 15.4. The third-order valence-electron chi connectivity index (χ3n) is 3.24. The van der Waals surface area contributed by atoms with Crippen LogP contribution >= 0.6 is 11.6 Å². The van der Waals surface area contributed by atoms with Crippen LogP contribution in [0.25, 0.3) is 0 Å². The molecule has 5 heteroatoms. The maximum absolute atomic E-state index is 11.1. The van der Waals surface area contributed by atoms with E-state index in [-0.39, 0.29) is 22.4 Å². The maximum atomic E-state index is 11.1. The molecule has 0 saturated heterocycles. The first-order chi connectivity index (χ1) is 10.0. The Morgan fingerprint density at radius 3 is 2.48 bits per heavy atom. The summed E-state index contributed by atoms with van der Waals surface area (Å²) in [6, 6.07) is 11.8. The van der Waals surface area contributed by atoms with Crippen LogP contribution in [-0.4, -0.2) is 16.2 Å². The van der Waals surface area contributed by atoms with Crippen molar-refractivity contribution in [1.82, 2.24) is 0 Å². The second-order valence-electron chi connectivity index (χ2n) is 4.70. The highest BCUT2D eigenvalue weighted by Crippen LogP contribution is 2.27. The fourth-order valence-electron chi connectivity index (χ4n) is 2.11. The number of aromatic hydroxyl groups is 1. The highest BCUT2D eigenvalue weighted by molar-refractivity contribution is 6.33. The van der Waals surface area contributed by atoms with Crippen LogP contribution in [-0.2, 0) is 0 Å². The molecule has 21 heavy (non-hydrogen) atoms. The van der Waals surface area contributed by atoms with Gasteiger partial charge in [0.25, 0.3) is 0 Å². The van der Waals surface area contributed by atoms with Crippen LogP contribution in [0.3, 0.4) is 0 Å². The number of rotatable bonds is 5. The molecule has 0 aromatic heterocycles. The zero-order valence-corrected chi connectivity index (χ0v) is 12.3. The molecular weight excluding hydrogens is 290 g/mol. The summed E-state index contributed by atoms with van der Waals surface area (Å²) in [5.41, 5.74) is 1.78. The van der Waals surface area contributed by atoms with Crippen molar-refractivity contribution in [3.8, 4) is 5.75 Å². The van der Waals surface area contributed by atoms with E-state index in [0.29, 0.717) is 5.69 Å². The summed E-state index contributed by atoms with van der Waals surface area (Å²) in [5.74, 6) is -0.838. The monoisotopic (exact) mass is 305 g/mol. The number of nitrogens with one attached hydrogen (secondary N) is 1. The topological polar surface area (TPSA) is 69.6 Å². The molecule has 2 aromatic carbocycles. The van der Waals surface area contributed by atoms with Gasteiger partial charge in [-0.3, -0.25) is 0 Å². The second-order valence-corrected chi connectivity index (χ2v) is 5.10. The van der Waals surface area contributed by atoms with Gasteiger partial charge in [-0.2, -0.15) is 0 Å². The molecule has 0 aliphatic carbocycles. The van der Waals surface area contributed by atoms with E-state index in [2.05, 4.69) is 5.32 Å². The first kappa shape index (κ1) is 15.2. The van der Waals surface area contributed by atoms with Gasteiger partial charge in [0, 0.05) is 5.69 Å². The molecular formula is C16H16ClNO3. The van der Waals surface area contributed by atoms with E-state index in [1.807, 2.05) is 19.1 Å². The fourth-order valence-corrected chi connectivity index (χ4v) is 2.31. The van der Waals surface area contributed by atoms with E-state index in [1.165, 1.54) is 6.07 Å². The average Bonchev–Trinajstić information content (AvgIpc) is 2.47. The van der Waals surface area contributed by atoms with Crippen molar-refractivity contribution in [3.63, 3.8) is 0 Å². The van der Waals surface area contributed by atoms with Gasteiger partial charge in [-0.1, -0.05) is 30.7 Å². The second kappa shape index (κ2) is 6.50. The van der Waals surface area contributed by atoms with Crippen molar-refractivity contribution in [3.05, 3.63) is 58.6 Å². The van der Waals surface area contributed by atoms with Crippen LogP contribution in [0.1, 0.15) is 35.3 Å². The molecule has 1 atom stereocenters. The molecule has 3 N–H and O–H groups in total. The molecule has 2 rings (SSSR count).